The van der Waals surface area contributed by atoms with Crippen molar-refractivity contribution in [2.45, 2.75) is 0 Å². The predicted octanol–water partition coefficient (Wildman–Crippen LogP) is 3.38. The molecule has 0 amide bonds. The van der Waals surface area contributed by atoms with Gasteiger partial charge < -0.3 is 14.3 Å². The van der Waals surface area contributed by atoms with E-state index in [1.54, 1.807) is 54.6 Å². The highest BCUT2D eigenvalue weighted by atomic mass is 19.1. The summed E-state index contributed by atoms with van der Waals surface area (Å²) in [5.74, 6) is -0.700. The van der Waals surface area contributed by atoms with Crippen LogP contribution in [0.2, 0.25) is 0 Å². The van der Waals surface area contributed by atoms with Crippen LogP contribution in [0, 0.1) is 5.82 Å². The minimum absolute atomic E-state index is 0.0330. The van der Waals surface area contributed by atoms with E-state index < -0.39 is 5.97 Å². The number of benzene rings is 2. The summed E-state index contributed by atoms with van der Waals surface area (Å²) in [6, 6.07) is 17.9. The van der Waals surface area contributed by atoms with E-state index in [1.165, 1.54) is 18.2 Å². The Morgan fingerprint density at radius 3 is 2.30 bits per heavy atom. The Balaban J connectivity index is 1.95. The fraction of sp³-hybridized carbons (Fsp3) is 0. The molecule has 0 saturated carbocycles. The quantitative estimate of drug-likeness (QED) is 0.694. The number of carboxylic acid groups (broad SMARTS) is 1. The van der Waals surface area contributed by atoms with Crippen LogP contribution in [0.4, 0.5) is 4.39 Å². The molecule has 3 aromatic rings. The van der Waals surface area contributed by atoms with Gasteiger partial charge >= 0.3 is 0 Å². The number of hydrogen-bond acceptors (Lipinski definition) is 3. The molecule has 23 heavy (non-hydrogen) atoms. The van der Waals surface area contributed by atoms with Gasteiger partial charge in [0.2, 0.25) is 0 Å². The van der Waals surface area contributed by atoms with Gasteiger partial charge in [0.15, 0.2) is 0 Å². The third-order valence-electron chi connectivity index (χ3n) is 3.35. The Morgan fingerprint density at radius 2 is 1.65 bits per heavy atom. The zero-order valence-corrected chi connectivity index (χ0v) is 12.0. The highest BCUT2D eigenvalue weighted by molar-refractivity contribution is 6.19. The van der Waals surface area contributed by atoms with Gasteiger partial charge in [0.05, 0.1) is 5.97 Å². The fourth-order valence-electron chi connectivity index (χ4n) is 2.22. The molecule has 0 bridgehead atoms. The number of carbonyl (C=O) groups excluding carboxylic acids is 1. The molecule has 3 nitrogen and oxygen atoms in total. The van der Waals surface area contributed by atoms with Gasteiger partial charge in [-0.3, -0.25) is 0 Å². The van der Waals surface area contributed by atoms with Gasteiger partial charge in [-0.1, -0.05) is 30.3 Å². The maximum atomic E-state index is 12.9. The topological polar surface area (TPSA) is 53.3 Å². The number of rotatable bonds is 4. The molecule has 0 fully saturated rings. The van der Waals surface area contributed by atoms with Crippen molar-refractivity contribution in [3.05, 3.63) is 83.9 Å². The van der Waals surface area contributed by atoms with E-state index in [9.17, 15) is 14.3 Å². The Kier molecular flexibility index (Phi) is 4.06. The van der Waals surface area contributed by atoms with Crippen molar-refractivity contribution in [3.63, 3.8) is 0 Å². The molecule has 0 saturated heterocycles. The number of carbonyl (C=O) groups is 1. The highest BCUT2D eigenvalue weighted by Crippen LogP contribution is 2.25. The van der Waals surface area contributed by atoms with E-state index >= 15 is 0 Å². The standard InChI is InChI=1S/C19H13FO3/c20-15-8-6-14(7-9-15)18-11-10-16(23-18)12-17(19(21)22)13-4-2-1-3-5-13/h1-12H,(H,21,22)/p-1/b17-12-. The molecule has 0 aliphatic carbocycles. The van der Waals surface area contributed by atoms with Crippen molar-refractivity contribution < 1.29 is 18.7 Å². The summed E-state index contributed by atoms with van der Waals surface area (Å²) >= 11 is 0. The van der Waals surface area contributed by atoms with Crippen molar-refractivity contribution in [3.8, 4) is 11.3 Å². The van der Waals surface area contributed by atoms with Crippen LogP contribution in [0.5, 0.6) is 0 Å². The number of carboxylic acids is 1. The van der Waals surface area contributed by atoms with Gasteiger partial charge in [-0.15, -0.1) is 0 Å². The second-order valence-electron chi connectivity index (χ2n) is 4.92. The largest absolute Gasteiger partial charge is 0.545 e. The molecule has 0 unspecified atom stereocenters. The van der Waals surface area contributed by atoms with Crippen LogP contribution in [-0.4, -0.2) is 5.97 Å². The van der Waals surface area contributed by atoms with Crippen LogP contribution in [0.3, 0.4) is 0 Å². The van der Waals surface area contributed by atoms with Gasteiger partial charge in [0, 0.05) is 11.1 Å². The van der Waals surface area contributed by atoms with Gasteiger partial charge in [0.1, 0.15) is 17.3 Å². The van der Waals surface area contributed by atoms with Crippen molar-refractivity contribution in [1.29, 1.82) is 0 Å². The average Bonchev–Trinajstić information content (AvgIpc) is 3.02. The molecule has 1 heterocycles. The van der Waals surface area contributed by atoms with Crippen LogP contribution < -0.4 is 5.11 Å². The van der Waals surface area contributed by atoms with Crippen LogP contribution >= 0.6 is 0 Å². The predicted molar refractivity (Wildman–Crippen MR) is 83.4 cm³/mol. The number of hydrogen-bond donors (Lipinski definition) is 0. The summed E-state index contributed by atoms with van der Waals surface area (Å²) in [7, 11) is 0. The third-order valence-corrected chi connectivity index (χ3v) is 3.35. The first-order chi connectivity index (χ1) is 11.1. The molecule has 3 rings (SSSR count). The Morgan fingerprint density at radius 1 is 0.957 bits per heavy atom. The van der Waals surface area contributed by atoms with E-state index in [0.717, 1.165) is 0 Å². The van der Waals surface area contributed by atoms with Crippen LogP contribution in [0.1, 0.15) is 11.3 Å². The van der Waals surface area contributed by atoms with Gasteiger partial charge in [-0.25, -0.2) is 4.39 Å². The summed E-state index contributed by atoms with van der Waals surface area (Å²) in [5, 5.41) is 11.4. The zero-order valence-electron chi connectivity index (χ0n) is 12.0. The maximum absolute atomic E-state index is 12.9. The Labute approximate surface area is 132 Å². The first-order valence-corrected chi connectivity index (χ1v) is 6.98. The second kappa shape index (κ2) is 6.32. The van der Waals surface area contributed by atoms with Crippen molar-refractivity contribution in [1.82, 2.24) is 0 Å². The zero-order chi connectivity index (χ0) is 16.2. The van der Waals surface area contributed by atoms with Gasteiger partial charge in [-0.2, -0.15) is 0 Å². The summed E-state index contributed by atoms with van der Waals surface area (Å²) < 4.78 is 18.6. The molecule has 0 aliphatic rings. The van der Waals surface area contributed by atoms with E-state index in [4.69, 9.17) is 4.42 Å². The lowest BCUT2D eigenvalue weighted by molar-refractivity contribution is -0.295. The number of halogens is 1. The van der Waals surface area contributed by atoms with Crippen LogP contribution in [0.25, 0.3) is 23.0 Å². The third kappa shape index (κ3) is 3.37. The van der Waals surface area contributed by atoms with E-state index in [-0.39, 0.29) is 11.4 Å². The lowest BCUT2D eigenvalue weighted by atomic mass is 10.1. The first kappa shape index (κ1) is 14.8. The molecule has 114 valence electrons. The average molecular weight is 307 g/mol. The molecule has 0 atom stereocenters. The molecule has 4 heteroatoms. The molecule has 2 aromatic carbocycles. The molecular weight excluding hydrogens is 295 g/mol. The lowest BCUT2D eigenvalue weighted by Crippen LogP contribution is -2.23. The SMILES string of the molecule is O=C([O-])/C(=C\c1ccc(-c2ccc(F)cc2)o1)c1ccccc1. The number of aliphatic carboxylic acids is 1. The highest BCUT2D eigenvalue weighted by Gasteiger charge is 2.07. The van der Waals surface area contributed by atoms with Crippen LogP contribution in [0.15, 0.2) is 71.1 Å². The van der Waals surface area contributed by atoms with Crippen molar-refractivity contribution >= 4 is 17.6 Å². The van der Waals surface area contributed by atoms with E-state index in [0.29, 0.717) is 22.6 Å². The molecule has 0 aliphatic heterocycles. The maximum Gasteiger partial charge on any atom is 0.134 e. The normalized spacial score (nSPS) is 11.4. The summed E-state index contributed by atoms with van der Waals surface area (Å²) in [6.45, 7) is 0. The molecule has 0 radical (unpaired) electrons. The Bertz CT molecular complexity index is 846. The summed E-state index contributed by atoms with van der Waals surface area (Å²) in [5.41, 5.74) is 1.28. The number of furan rings is 1. The molecular formula is C19H12FO3-. The molecule has 0 N–H and O–H groups in total. The minimum Gasteiger partial charge on any atom is -0.545 e. The van der Waals surface area contributed by atoms with Gasteiger partial charge in [-0.05, 0) is 48.0 Å². The summed E-state index contributed by atoms with van der Waals surface area (Å²) in [6.07, 6.45) is 1.41. The van der Waals surface area contributed by atoms with Gasteiger partial charge in [0.25, 0.3) is 0 Å². The molecule has 0 spiro atoms. The van der Waals surface area contributed by atoms with Crippen LogP contribution in [-0.2, 0) is 4.79 Å². The smallest absolute Gasteiger partial charge is 0.134 e. The lowest BCUT2D eigenvalue weighted by Gasteiger charge is -2.07. The van der Waals surface area contributed by atoms with Crippen molar-refractivity contribution in [2.24, 2.45) is 0 Å². The minimum atomic E-state index is -1.28. The monoisotopic (exact) mass is 307 g/mol. The molecule has 1 aromatic heterocycles. The second-order valence-corrected chi connectivity index (χ2v) is 4.92. The van der Waals surface area contributed by atoms with E-state index in [2.05, 4.69) is 0 Å². The van der Waals surface area contributed by atoms with Crippen molar-refractivity contribution in [2.75, 3.05) is 0 Å². The Hall–Kier alpha value is -3.14. The first-order valence-electron chi connectivity index (χ1n) is 6.98. The summed E-state index contributed by atoms with van der Waals surface area (Å²) in [4.78, 5) is 11.4. The fourth-order valence-corrected chi connectivity index (χ4v) is 2.22. The van der Waals surface area contributed by atoms with E-state index in [1.807, 2.05) is 0 Å².